The van der Waals surface area contributed by atoms with Crippen LogP contribution < -0.4 is 5.32 Å². The van der Waals surface area contributed by atoms with E-state index >= 15 is 0 Å². The number of urea groups is 1. The smallest absolute Gasteiger partial charge is 0.321 e. The minimum atomic E-state index is -0.477. The largest absolute Gasteiger partial charge is 0.322 e. The molecule has 6 nitrogen and oxygen atoms in total. The Balaban J connectivity index is 2.10. The predicted octanol–water partition coefficient (Wildman–Crippen LogP) is 3.96. The molecule has 0 bridgehead atoms. The number of carbonyl (C=O) groups excluding carboxylic acids is 1. The molecule has 7 heteroatoms. The summed E-state index contributed by atoms with van der Waals surface area (Å²) < 4.78 is 12.9. The lowest BCUT2D eigenvalue weighted by Gasteiger charge is -2.25. The van der Waals surface area contributed by atoms with E-state index < -0.39 is 11.0 Å². The van der Waals surface area contributed by atoms with Crippen LogP contribution in [-0.4, -0.2) is 22.9 Å². The van der Waals surface area contributed by atoms with Crippen LogP contribution in [0.4, 0.5) is 20.6 Å². The van der Waals surface area contributed by atoms with Crippen LogP contribution in [0, 0.1) is 15.9 Å². The Morgan fingerprint density at radius 1 is 1.26 bits per heavy atom. The molecule has 2 rings (SSSR count). The maximum atomic E-state index is 12.9. The molecule has 0 aromatic heterocycles. The van der Waals surface area contributed by atoms with Crippen LogP contribution in [0.1, 0.15) is 18.5 Å². The summed E-state index contributed by atoms with van der Waals surface area (Å²) in [5.74, 6) is -0.388. The molecule has 0 heterocycles. The second kappa shape index (κ2) is 6.87. The summed E-state index contributed by atoms with van der Waals surface area (Å²) in [5, 5.41) is 13.5. The summed E-state index contributed by atoms with van der Waals surface area (Å²) in [5.41, 5.74) is 1.09. The van der Waals surface area contributed by atoms with Crippen LogP contribution in [-0.2, 0) is 0 Å². The van der Waals surface area contributed by atoms with Gasteiger partial charge in [-0.3, -0.25) is 10.1 Å². The molecule has 2 aromatic rings. The fraction of sp³-hybridized carbons (Fsp3) is 0.188. The van der Waals surface area contributed by atoms with E-state index in [1.807, 2.05) is 0 Å². The maximum absolute atomic E-state index is 12.9. The van der Waals surface area contributed by atoms with Crippen molar-refractivity contribution in [2.75, 3.05) is 12.4 Å². The first-order valence-corrected chi connectivity index (χ1v) is 6.92. The van der Waals surface area contributed by atoms with Crippen LogP contribution >= 0.6 is 0 Å². The van der Waals surface area contributed by atoms with Crippen LogP contribution in [0.2, 0.25) is 0 Å². The number of hydrogen-bond acceptors (Lipinski definition) is 3. The molecule has 0 saturated carbocycles. The molecule has 23 heavy (non-hydrogen) atoms. The average molecular weight is 317 g/mol. The van der Waals surface area contributed by atoms with E-state index in [4.69, 9.17) is 0 Å². The maximum Gasteiger partial charge on any atom is 0.322 e. The van der Waals surface area contributed by atoms with Gasteiger partial charge in [-0.25, -0.2) is 9.18 Å². The number of hydrogen-bond donors (Lipinski definition) is 1. The number of halogens is 1. The first kappa shape index (κ1) is 16.4. The third kappa shape index (κ3) is 4.03. The number of amides is 2. The van der Waals surface area contributed by atoms with Crippen LogP contribution in [0.3, 0.4) is 0 Å². The second-order valence-corrected chi connectivity index (χ2v) is 5.08. The van der Waals surface area contributed by atoms with Gasteiger partial charge < -0.3 is 10.2 Å². The summed E-state index contributed by atoms with van der Waals surface area (Å²) in [6.45, 7) is 1.77. The van der Waals surface area contributed by atoms with Gasteiger partial charge in [-0.1, -0.05) is 12.1 Å². The van der Waals surface area contributed by atoms with Crippen molar-refractivity contribution in [1.82, 2.24) is 4.90 Å². The van der Waals surface area contributed by atoms with Gasteiger partial charge in [-0.2, -0.15) is 0 Å². The molecule has 0 radical (unpaired) electrons. The number of nitrogens with one attached hydrogen (secondary N) is 1. The van der Waals surface area contributed by atoms with Crippen molar-refractivity contribution in [1.29, 1.82) is 0 Å². The third-order valence-electron chi connectivity index (χ3n) is 3.56. The molecule has 120 valence electrons. The van der Waals surface area contributed by atoms with Crippen LogP contribution in [0.5, 0.6) is 0 Å². The SMILES string of the molecule is C[C@H](c1cccc([N+](=O)[O-])c1)N(C)C(=O)Nc1ccc(F)cc1. The molecule has 1 atom stereocenters. The van der Waals surface area contributed by atoms with E-state index in [1.54, 1.807) is 26.1 Å². The van der Waals surface area contributed by atoms with Crippen LogP contribution in [0.15, 0.2) is 48.5 Å². The Labute approximate surface area is 132 Å². The zero-order valence-corrected chi connectivity index (χ0v) is 12.7. The normalized spacial score (nSPS) is 11.6. The number of nitro groups is 1. The zero-order chi connectivity index (χ0) is 17.0. The van der Waals surface area contributed by atoms with Crippen molar-refractivity contribution in [2.24, 2.45) is 0 Å². The summed E-state index contributed by atoms with van der Waals surface area (Å²) in [6.07, 6.45) is 0. The lowest BCUT2D eigenvalue weighted by atomic mass is 10.1. The van der Waals surface area contributed by atoms with Crippen molar-refractivity contribution < 1.29 is 14.1 Å². The van der Waals surface area contributed by atoms with Crippen molar-refractivity contribution in [3.63, 3.8) is 0 Å². The minimum Gasteiger partial charge on any atom is -0.321 e. The fourth-order valence-corrected chi connectivity index (χ4v) is 2.04. The molecule has 0 aliphatic rings. The van der Waals surface area contributed by atoms with Gasteiger partial charge in [-0.15, -0.1) is 0 Å². The average Bonchev–Trinajstić information content (AvgIpc) is 2.55. The Bertz CT molecular complexity index is 719. The summed E-state index contributed by atoms with van der Waals surface area (Å²) in [7, 11) is 1.59. The number of carbonyl (C=O) groups is 1. The Hall–Kier alpha value is -2.96. The van der Waals surface area contributed by atoms with Crippen molar-refractivity contribution in [3.05, 3.63) is 70.0 Å². The molecular formula is C16H16FN3O3. The molecule has 0 aliphatic carbocycles. The van der Waals surface area contributed by atoms with Gasteiger partial charge in [0.15, 0.2) is 0 Å². The first-order valence-electron chi connectivity index (χ1n) is 6.92. The lowest BCUT2D eigenvalue weighted by molar-refractivity contribution is -0.384. The highest BCUT2D eigenvalue weighted by Crippen LogP contribution is 2.23. The van der Waals surface area contributed by atoms with Gasteiger partial charge >= 0.3 is 6.03 Å². The number of nitro benzene ring substituents is 1. The number of non-ortho nitro benzene ring substituents is 1. The van der Waals surface area contributed by atoms with Crippen molar-refractivity contribution in [2.45, 2.75) is 13.0 Å². The Kier molecular flexibility index (Phi) is 4.90. The summed E-state index contributed by atoms with van der Waals surface area (Å²) in [6, 6.07) is 10.8. The molecule has 0 saturated heterocycles. The van der Waals surface area contributed by atoms with Crippen molar-refractivity contribution in [3.8, 4) is 0 Å². The summed E-state index contributed by atoms with van der Waals surface area (Å²) >= 11 is 0. The molecule has 2 aromatic carbocycles. The number of anilines is 1. The highest BCUT2D eigenvalue weighted by Gasteiger charge is 2.19. The molecule has 0 fully saturated rings. The predicted molar refractivity (Wildman–Crippen MR) is 84.7 cm³/mol. The third-order valence-corrected chi connectivity index (χ3v) is 3.56. The standard InChI is InChI=1S/C16H16FN3O3/c1-11(12-4-3-5-15(10-12)20(22)23)19(2)16(21)18-14-8-6-13(17)7-9-14/h3-11H,1-2H3,(H,18,21)/t11-/m1/s1. The Morgan fingerprint density at radius 3 is 2.52 bits per heavy atom. The van der Waals surface area contributed by atoms with Crippen molar-refractivity contribution >= 4 is 17.4 Å². The topological polar surface area (TPSA) is 75.5 Å². The van der Waals surface area contributed by atoms with E-state index in [9.17, 15) is 19.3 Å². The fourth-order valence-electron chi connectivity index (χ4n) is 2.04. The molecule has 0 unspecified atom stereocenters. The van der Waals surface area contributed by atoms with E-state index in [2.05, 4.69) is 5.32 Å². The molecule has 0 spiro atoms. The van der Waals surface area contributed by atoms with Gasteiger partial charge in [-0.05, 0) is 36.8 Å². The molecule has 1 N–H and O–H groups in total. The van der Waals surface area contributed by atoms with E-state index in [0.29, 0.717) is 11.3 Å². The highest BCUT2D eigenvalue weighted by atomic mass is 19.1. The number of benzene rings is 2. The van der Waals surface area contributed by atoms with Gasteiger partial charge in [0.05, 0.1) is 11.0 Å². The zero-order valence-electron chi connectivity index (χ0n) is 12.7. The minimum absolute atomic E-state index is 0.0262. The molecular weight excluding hydrogens is 301 g/mol. The van der Waals surface area contributed by atoms with Gasteiger partial charge in [0, 0.05) is 24.9 Å². The number of rotatable bonds is 4. The van der Waals surface area contributed by atoms with E-state index in [-0.39, 0.29) is 17.5 Å². The Morgan fingerprint density at radius 2 is 1.91 bits per heavy atom. The van der Waals surface area contributed by atoms with E-state index in [1.165, 1.54) is 41.3 Å². The van der Waals surface area contributed by atoms with Gasteiger partial charge in [0.1, 0.15) is 5.82 Å². The van der Waals surface area contributed by atoms with E-state index in [0.717, 1.165) is 0 Å². The molecule has 2 amide bonds. The lowest BCUT2D eigenvalue weighted by Crippen LogP contribution is -2.33. The monoisotopic (exact) mass is 317 g/mol. The highest BCUT2D eigenvalue weighted by molar-refractivity contribution is 5.89. The second-order valence-electron chi connectivity index (χ2n) is 5.08. The molecule has 0 aliphatic heterocycles. The quantitative estimate of drug-likeness (QED) is 0.685. The summed E-state index contributed by atoms with van der Waals surface area (Å²) in [4.78, 5) is 24.0. The van der Waals surface area contributed by atoms with Gasteiger partial charge in [0.2, 0.25) is 0 Å². The van der Waals surface area contributed by atoms with Crippen LogP contribution in [0.25, 0.3) is 0 Å². The van der Waals surface area contributed by atoms with Gasteiger partial charge in [0.25, 0.3) is 5.69 Å². The number of nitrogens with zero attached hydrogens (tertiary/aromatic N) is 2. The first-order chi connectivity index (χ1) is 10.9.